The Bertz CT molecular complexity index is 1080. The molecule has 4 rings (SSSR count). The van der Waals surface area contributed by atoms with E-state index in [4.69, 9.17) is 4.74 Å². The SMILES string of the molecule is CC(=O)N1c2ccc(S(=O)(=O)NC[C@@H](c3ccc(F)cc3)N3CCOCC3)cc2C[C@@H]1C. The highest BCUT2D eigenvalue weighted by molar-refractivity contribution is 7.89. The summed E-state index contributed by atoms with van der Waals surface area (Å²) in [4.78, 5) is 16.0. The molecule has 172 valence electrons. The second kappa shape index (κ2) is 9.27. The van der Waals surface area contributed by atoms with E-state index in [9.17, 15) is 17.6 Å². The number of benzene rings is 2. The summed E-state index contributed by atoms with van der Waals surface area (Å²) in [5.41, 5.74) is 2.45. The van der Waals surface area contributed by atoms with E-state index in [1.54, 1.807) is 29.2 Å². The molecule has 2 heterocycles. The molecule has 2 aromatic rings. The first-order chi connectivity index (χ1) is 15.3. The van der Waals surface area contributed by atoms with Crippen LogP contribution in [0, 0.1) is 5.82 Å². The van der Waals surface area contributed by atoms with Crippen molar-refractivity contribution in [1.29, 1.82) is 0 Å². The molecule has 2 aliphatic rings. The highest BCUT2D eigenvalue weighted by Gasteiger charge is 2.31. The molecule has 2 aliphatic heterocycles. The fourth-order valence-electron chi connectivity index (χ4n) is 4.56. The van der Waals surface area contributed by atoms with E-state index in [0.717, 1.165) is 16.8 Å². The number of carbonyl (C=O) groups excluding carboxylic acids is 1. The third-order valence-corrected chi connectivity index (χ3v) is 7.55. The van der Waals surface area contributed by atoms with Crippen molar-refractivity contribution in [3.63, 3.8) is 0 Å². The molecule has 0 bridgehead atoms. The molecule has 1 N–H and O–H groups in total. The van der Waals surface area contributed by atoms with E-state index < -0.39 is 10.0 Å². The van der Waals surface area contributed by atoms with Crippen molar-refractivity contribution in [3.05, 3.63) is 59.4 Å². The van der Waals surface area contributed by atoms with Crippen molar-refractivity contribution in [3.8, 4) is 0 Å². The lowest BCUT2D eigenvalue weighted by Gasteiger charge is -2.34. The number of nitrogens with one attached hydrogen (secondary N) is 1. The van der Waals surface area contributed by atoms with Crippen LogP contribution < -0.4 is 9.62 Å². The van der Waals surface area contributed by atoms with Gasteiger partial charge in [-0.25, -0.2) is 17.5 Å². The van der Waals surface area contributed by atoms with Gasteiger partial charge >= 0.3 is 0 Å². The van der Waals surface area contributed by atoms with E-state index in [0.29, 0.717) is 32.7 Å². The highest BCUT2D eigenvalue weighted by atomic mass is 32.2. The lowest BCUT2D eigenvalue weighted by Crippen LogP contribution is -2.43. The summed E-state index contributed by atoms with van der Waals surface area (Å²) in [5, 5.41) is 0. The Balaban J connectivity index is 1.55. The first-order valence-electron chi connectivity index (χ1n) is 10.8. The number of morpholine rings is 1. The average molecular weight is 462 g/mol. The minimum absolute atomic E-state index is 0.00223. The summed E-state index contributed by atoms with van der Waals surface area (Å²) >= 11 is 0. The van der Waals surface area contributed by atoms with Crippen LogP contribution in [0.1, 0.15) is 31.0 Å². The number of carbonyl (C=O) groups is 1. The van der Waals surface area contributed by atoms with Gasteiger partial charge in [0.15, 0.2) is 0 Å². The van der Waals surface area contributed by atoms with Crippen molar-refractivity contribution in [1.82, 2.24) is 9.62 Å². The minimum Gasteiger partial charge on any atom is -0.379 e. The highest BCUT2D eigenvalue weighted by Crippen LogP contribution is 2.34. The number of hydrogen-bond donors (Lipinski definition) is 1. The molecule has 0 saturated carbocycles. The van der Waals surface area contributed by atoms with E-state index in [-0.39, 0.29) is 35.2 Å². The largest absolute Gasteiger partial charge is 0.379 e. The lowest BCUT2D eigenvalue weighted by atomic mass is 10.0. The summed E-state index contributed by atoms with van der Waals surface area (Å²) in [7, 11) is -3.77. The summed E-state index contributed by atoms with van der Waals surface area (Å²) in [6.07, 6.45) is 0.615. The monoisotopic (exact) mass is 461 g/mol. The van der Waals surface area contributed by atoms with Crippen LogP contribution in [0.5, 0.6) is 0 Å². The molecule has 0 spiro atoms. The molecule has 0 aromatic heterocycles. The zero-order chi connectivity index (χ0) is 22.9. The van der Waals surface area contributed by atoms with Gasteiger partial charge in [-0.15, -0.1) is 0 Å². The predicted molar refractivity (Wildman–Crippen MR) is 119 cm³/mol. The maximum absolute atomic E-state index is 13.4. The minimum atomic E-state index is -3.77. The van der Waals surface area contributed by atoms with Crippen LogP contribution in [0.2, 0.25) is 0 Å². The third kappa shape index (κ3) is 4.71. The summed E-state index contributed by atoms with van der Waals surface area (Å²) in [5.74, 6) is -0.389. The molecule has 2 aromatic carbocycles. The molecule has 32 heavy (non-hydrogen) atoms. The molecular weight excluding hydrogens is 433 g/mol. The average Bonchev–Trinajstić information content (AvgIpc) is 3.11. The molecule has 1 amide bonds. The van der Waals surface area contributed by atoms with Crippen LogP contribution in [0.4, 0.5) is 10.1 Å². The second-order valence-electron chi connectivity index (χ2n) is 8.30. The molecule has 0 radical (unpaired) electrons. The Morgan fingerprint density at radius 2 is 1.88 bits per heavy atom. The standard InChI is InChI=1S/C23H28FN3O4S/c1-16-13-19-14-21(7-8-22(19)27(16)17(2)28)32(29,30)25-15-23(26-9-11-31-12-10-26)18-3-5-20(24)6-4-18/h3-8,14,16,23,25H,9-13,15H2,1-2H3/t16-,23-/m0/s1. The van der Waals surface area contributed by atoms with E-state index >= 15 is 0 Å². The van der Waals surface area contributed by atoms with Crippen molar-refractivity contribution in [2.24, 2.45) is 0 Å². The predicted octanol–water partition coefficient (Wildman–Crippen LogP) is 2.48. The summed E-state index contributed by atoms with van der Waals surface area (Å²) < 4.78 is 47.8. The van der Waals surface area contributed by atoms with Gasteiger partial charge < -0.3 is 9.64 Å². The first-order valence-corrected chi connectivity index (χ1v) is 12.2. The Hall–Kier alpha value is -2.33. The van der Waals surface area contributed by atoms with Gasteiger partial charge in [0.05, 0.1) is 18.1 Å². The summed E-state index contributed by atoms with van der Waals surface area (Å²) in [6.45, 7) is 6.09. The van der Waals surface area contributed by atoms with Gasteiger partial charge in [-0.05, 0) is 54.8 Å². The van der Waals surface area contributed by atoms with Crippen LogP contribution >= 0.6 is 0 Å². The van der Waals surface area contributed by atoms with Crippen LogP contribution in [0.15, 0.2) is 47.4 Å². The van der Waals surface area contributed by atoms with Crippen LogP contribution in [0.3, 0.4) is 0 Å². The number of fused-ring (bicyclic) bond motifs is 1. The number of halogens is 1. The molecule has 2 atom stereocenters. The fourth-order valence-corrected chi connectivity index (χ4v) is 5.65. The van der Waals surface area contributed by atoms with E-state index in [1.807, 2.05) is 6.92 Å². The normalized spacial score (nSPS) is 20.2. The Kier molecular flexibility index (Phi) is 6.62. The van der Waals surface area contributed by atoms with Crippen LogP contribution in [-0.2, 0) is 26.0 Å². The van der Waals surface area contributed by atoms with Crippen molar-refractivity contribution >= 4 is 21.6 Å². The Morgan fingerprint density at radius 1 is 1.19 bits per heavy atom. The maximum Gasteiger partial charge on any atom is 0.240 e. The number of sulfonamides is 1. The maximum atomic E-state index is 13.4. The van der Waals surface area contributed by atoms with E-state index in [2.05, 4.69) is 9.62 Å². The number of anilines is 1. The van der Waals surface area contributed by atoms with Gasteiger partial charge in [0, 0.05) is 44.3 Å². The molecular formula is C23H28FN3O4S. The van der Waals surface area contributed by atoms with Crippen LogP contribution in [0.25, 0.3) is 0 Å². The first kappa shape index (κ1) is 22.8. The van der Waals surface area contributed by atoms with Crippen LogP contribution in [-0.4, -0.2) is 58.1 Å². The smallest absolute Gasteiger partial charge is 0.240 e. The van der Waals surface area contributed by atoms with E-state index in [1.165, 1.54) is 25.1 Å². The molecule has 1 fully saturated rings. The van der Waals surface area contributed by atoms with Gasteiger partial charge in [0.2, 0.25) is 15.9 Å². The van der Waals surface area contributed by atoms with Crippen molar-refractivity contribution in [2.45, 2.75) is 37.2 Å². The zero-order valence-corrected chi connectivity index (χ0v) is 19.1. The van der Waals surface area contributed by atoms with Gasteiger partial charge in [-0.3, -0.25) is 9.69 Å². The second-order valence-corrected chi connectivity index (χ2v) is 10.1. The van der Waals surface area contributed by atoms with Crippen molar-refractivity contribution in [2.75, 3.05) is 37.7 Å². The molecule has 0 aliphatic carbocycles. The fraction of sp³-hybridized carbons (Fsp3) is 0.435. The number of ether oxygens (including phenoxy) is 1. The third-order valence-electron chi connectivity index (χ3n) is 6.12. The number of rotatable bonds is 6. The molecule has 7 nitrogen and oxygen atoms in total. The van der Waals surface area contributed by atoms with Gasteiger partial charge in [-0.2, -0.15) is 0 Å². The number of hydrogen-bond acceptors (Lipinski definition) is 5. The number of nitrogens with zero attached hydrogens (tertiary/aromatic N) is 2. The number of amides is 1. The molecule has 9 heteroatoms. The lowest BCUT2D eigenvalue weighted by molar-refractivity contribution is -0.116. The summed E-state index contributed by atoms with van der Waals surface area (Å²) in [6, 6.07) is 10.8. The topological polar surface area (TPSA) is 79.0 Å². The van der Waals surface area contributed by atoms with Crippen molar-refractivity contribution < 1.29 is 22.3 Å². The molecule has 0 unspecified atom stereocenters. The Morgan fingerprint density at radius 3 is 2.53 bits per heavy atom. The van der Waals surface area contributed by atoms with Gasteiger partial charge in [0.1, 0.15) is 5.82 Å². The Labute approximate surface area is 188 Å². The van der Waals surface area contributed by atoms with Gasteiger partial charge in [-0.1, -0.05) is 12.1 Å². The molecule has 1 saturated heterocycles. The van der Waals surface area contributed by atoms with Gasteiger partial charge in [0.25, 0.3) is 0 Å². The quantitative estimate of drug-likeness (QED) is 0.715. The zero-order valence-electron chi connectivity index (χ0n) is 18.3.